The van der Waals surface area contributed by atoms with Crippen molar-refractivity contribution in [1.29, 1.82) is 0 Å². The molecule has 1 aliphatic carbocycles. The monoisotopic (exact) mass is 414 g/mol. The Bertz CT molecular complexity index is 763. The minimum absolute atomic E-state index is 0.241. The lowest BCUT2D eigenvalue weighted by Crippen LogP contribution is -2.45. The average Bonchev–Trinajstić information content (AvgIpc) is 3.36. The number of benzene rings is 1. The molecule has 2 N–H and O–H groups in total. The molecule has 0 bridgehead atoms. The second-order valence-electron chi connectivity index (χ2n) is 9.65. The lowest BCUT2D eigenvalue weighted by atomic mass is 10.1. The number of aliphatic imine (C=N–C) groups is 1. The number of nitrogens with zero attached hydrogens (tertiary/aromatic N) is 2. The number of likely N-dealkylation sites (tertiary alicyclic amines) is 1. The molecule has 6 nitrogen and oxygen atoms in total. The Labute approximate surface area is 181 Å². The first-order chi connectivity index (χ1) is 14.2. The Hall–Kier alpha value is -2.24. The van der Waals surface area contributed by atoms with Crippen LogP contribution in [0.2, 0.25) is 0 Å². The van der Waals surface area contributed by atoms with E-state index in [9.17, 15) is 4.79 Å². The Morgan fingerprint density at radius 3 is 2.63 bits per heavy atom. The molecule has 0 aromatic heterocycles. The molecule has 0 radical (unpaired) electrons. The maximum atomic E-state index is 12.7. The fourth-order valence-corrected chi connectivity index (χ4v) is 4.31. The van der Waals surface area contributed by atoms with Crippen LogP contribution in [0.15, 0.2) is 23.2 Å². The van der Waals surface area contributed by atoms with Crippen molar-refractivity contribution in [3.05, 3.63) is 29.3 Å². The minimum Gasteiger partial charge on any atom is -0.488 e. The summed E-state index contributed by atoms with van der Waals surface area (Å²) in [5.41, 5.74) is 2.03. The highest BCUT2D eigenvalue weighted by Gasteiger charge is 2.32. The van der Waals surface area contributed by atoms with Gasteiger partial charge >= 0.3 is 0 Å². The van der Waals surface area contributed by atoms with Crippen LogP contribution in [0.1, 0.15) is 64.0 Å². The lowest BCUT2D eigenvalue weighted by molar-refractivity contribution is -0.134. The first kappa shape index (κ1) is 22.4. The summed E-state index contributed by atoms with van der Waals surface area (Å²) in [5, 5.41) is 6.91. The number of ether oxygens (including phenoxy) is 1. The van der Waals surface area contributed by atoms with Gasteiger partial charge in [0.15, 0.2) is 5.96 Å². The van der Waals surface area contributed by atoms with Gasteiger partial charge in [-0.25, -0.2) is 0 Å². The highest BCUT2D eigenvalue weighted by molar-refractivity contribution is 5.81. The van der Waals surface area contributed by atoms with Crippen LogP contribution in [0.4, 0.5) is 0 Å². The molecule has 3 rings (SSSR count). The largest absolute Gasteiger partial charge is 0.488 e. The number of carbonyl (C=O) groups excluding carboxylic acids is 1. The molecule has 1 aliphatic heterocycles. The summed E-state index contributed by atoms with van der Waals surface area (Å²) in [6, 6.07) is 6.53. The quantitative estimate of drug-likeness (QED) is 0.570. The van der Waals surface area contributed by atoms with Crippen LogP contribution in [-0.2, 0) is 11.3 Å². The molecular formula is C24H38N4O2. The molecule has 1 unspecified atom stereocenters. The van der Waals surface area contributed by atoms with Crippen LogP contribution in [0, 0.1) is 12.8 Å². The molecule has 1 atom stereocenters. The van der Waals surface area contributed by atoms with E-state index in [4.69, 9.17) is 4.74 Å². The van der Waals surface area contributed by atoms with Gasteiger partial charge in [0.25, 0.3) is 0 Å². The van der Waals surface area contributed by atoms with E-state index in [0.717, 1.165) is 49.6 Å². The SMILES string of the molecule is CN=C(NCc1ccc(C)cc1OC(C)(C)C)NC1CCN(C(=O)C2CCCC2)C1. The normalized spacial score (nSPS) is 20.5. The minimum atomic E-state index is -0.248. The summed E-state index contributed by atoms with van der Waals surface area (Å²) < 4.78 is 6.16. The number of rotatable bonds is 5. The predicted octanol–water partition coefficient (Wildman–Crippen LogP) is 3.63. The van der Waals surface area contributed by atoms with Gasteiger partial charge in [0.05, 0.1) is 0 Å². The van der Waals surface area contributed by atoms with Crippen molar-refractivity contribution in [1.82, 2.24) is 15.5 Å². The van der Waals surface area contributed by atoms with Gasteiger partial charge in [-0.15, -0.1) is 0 Å². The second-order valence-corrected chi connectivity index (χ2v) is 9.65. The van der Waals surface area contributed by atoms with Gasteiger partial charge in [-0.1, -0.05) is 25.0 Å². The summed E-state index contributed by atoms with van der Waals surface area (Å²) in [7, 11) is 1.79. The van der Waals surface area contributed by atoms with E-state index >= 15 is 0 Å². The number of aryl methyl sites for hydroxylation is 1. The number of carbonyl (C=O) groups is 1. The number of nitrogens with one attached hydrogen (secondary N) is 2. The first-order valence-electron chi connectivity index (χ1n) is 11.3. The molecular weight excluding hydrogens is 376 g/mol. The van der Waals surface area contributed by atoms with Crippen molar-refractivity contribution in [2.24, 2.45) is 10.9 Å². The number of guanidine groups is 1. The zero-order chi connectivity index (χ0) is 21.7. The van der Waals surface area contributed by atoms with Crippen LogP contribution in [0.25, 0.3) is 0 Å². The van der Waals surface area contributed by atoms with E-state index < -0.39 is 0 Å². The van der Waals surface area contributed by atoms with Crippen LogP contribution in [-0.4, -0.2) is 48.5 Å². The third-order valence-electron chi connectivity index (χ3n) is 5.85. The highest BCUT2D eigenvalue weighted by Crippen LogP contribution is 2.28. The van der Waals surface area contributed by atoms with Crippen molar-refractivity contribution < 1.29 is 9.53 Å². The van der Waals surface area contributed by atoms with Gasteiger partial charge in [-0.05, 0) is 58.6 Å². The summed E-state index contributed by atoms with van der Waals surface area (Å²) in [6.45, 7) is 10.5. The lowest BCUT2D eigenvalue weighted by Gasteiger charge is -2.24. The Morgan fingerprint density at radius 2 is 1.97 bits per heavy atom. The maximum Gasteiger partial charge on any atom is 0.225 e. The van der Waals surface area contributed by atoms with Gasteiger partial charge < -0.3 is 20.3 Å². The Balaban J connectivity index is 1.54. The third-order valence-corrected chi connectivity index (χ3v) is 5.85. The molecule has 1 aromatic rings. The Kier molecular flexibility index (Phi) is 7.27. The van der Waals surface area contributed by atoms with Gasteiger partial charge in [-0.2, -0.15) is 0 Å². The van der Waals surface area contributed by atoms with Crippen LogP contribution in [0.3, 0.4) is 0 Å². The van der Waals surface area contributed by atoms with Gasteiger partial charge in [0.2, 0.25) is 5.91 Å². The van der Waals surface area contributed by atoms with Gasteiger partial charge in [-0.3, -0.25) is 9.79 Å². The smallest absolute Gasteiger partial charge is 0.225 e. The van der Waals surface area contributed by atoms with Crippen molar-refractivity contribution in [3.8, 4) is 5.75 Å². The van der Waals surface area contributed by atoms with Crippen LogP contribution < -0.4 is 15.4 Å². The van der Waals surface area contributed by atoms with Crippen molar-refractivity contribution in [3.63, 3.8) is 0 Å². The van der Waals surface area contributed by atoms with Crippen molar-refractivity contribution >= 4 is 11.9 Å². The topological polar surface area (TPSA) is 66.0 Å². The van der Waals surface area contributed by atoms with Crippen LogP contribution in [0.5, 0.6) is 5.75 Å². The number of amides is 1. The van der Waals surface area contributed by atoms with E-state index in [1.165, 1.54) is 18.4 Å². The average molecular weight is 415 g/mol. The van der Waals surface area contributed by atoms with E-state index in [1.807, 2.05) is 4.90 Å². The molecule has 1 saturated carbocycles. The van der Waals surface area contributed by atoms with E-state index in [-0.39, 0.29) is 17.6 Å². The molecule has 6 heteroatoms. The molecule has 1 saturated heterocycles. The summed E-state index contributed by atoms with van der Waals surface area (Å²) in [4.78, 5) is 19.1. The highest BCUT2D eigenvalue weighted by atomic mass is 16.5. The molecule has 2 aliphatic rings. The van der Waals surface area contributed by atoms with Gasteiger partial charge in [0.1, 0.15) is 11.4 Å². The third kappa shape index (κ3) is 6.13. The van der Waals surface area contributed by atoms with Crippen molar-refractivity contribution in [2.45, 2.75) is 78.0 Å². The second kappa shape index (κ2) is 9.71. The summed E-state index contributed by atoms with van der Waals surface area (Å²) in [5.74, 6) is 2.27. The molecule has 30 heavy (non-hydrogen) atoms. The van der Waals surface area contributed by atoms with Gasteiger partial charge in [0, 0.05) is 44.2 Å². The molecule has 1 amide bonds. The summed E-state index contributed by atoms with van der Waals surface area (Å²) >= 11 is 0. The number of hydrogen-bond acceptors (Lipinski definition) is 3. The molecule has 2 fully saturated rings. The Morgan fingerprint density at radius 1 is 1.23 bits per heavy atom. The zero-order valence-corrected chi connectivity index (χ0v) is 19.3. The zero-order valence-electron chi connectivity index (χ0n) is 19.3. The van der Waals surface area contributed by atoms with E-state index in [0.29, 0.717) is 12.5 Å². The fourth-order valence-electron chi connectivity index (χ4n) is 4.31. The molecule has 1 heterocycles. The predicted molar refractivity (Wildman–Crippen MR) is 122 cm³/mol. The summed E-state index contributed by atoms with van der Waals surface area (Å²) in [6.07, 6.45) is 5.48. The van der Waals surface area contributed by atoms with E-state index in [2.05, 4.69) is 61.5 Å². The standard InChI is InChI=1S/C24H38N4O2/c1-17-10-11-19(21(14-17)30-24(2,3)4)15-26-23(25-5)27-20-12-13-28(16-20)22(29)18-8-6-7-9-18/h10-11,14,18,20H,6-9,12-13,15-16H2,1-5H3,(H2,25,26,27). The molecule has 0 spiro atoms. The first-order valence-corrected chi connectivity index (χ1v) is 11.3. The fraction of sp³-hybridized carbons (Fsp3) is 0.667. The molecule has 1 aromatic carbocycles. The van der Waals surface area contributed by atoms with Crippen LogP contribution >= 0.6 is 0 Å². The molecule has 166 valence electrons. The van der Waals surface area contributed by atoms with E-state index in [1.54, 1.807) is 7.05 Å². The maximum absolute atomic E-state index is 12.7. The number of hydrogen-bond donors (Lipinski definition) is 2. The van der Waals surface area contributed by atoms with Crippen molar-refractivity contribution in [2.75, 3.05) is 20.1 Å².